The number of carbonyl (C=O) groups excluding carboxylic acids is 2. The summed E-state index contributed by atoms with van der Waals surface area (Å²) in [6.45, 7) is 4.13. The second-order valence-electron chi connectivity index (χ2n) is 18.9. The molecule has 1 amide bonds. The number of aliphatic hydroxyl groups is 5. The number of allylic oxidation sites excluding steroid dienone is 11. The van der Waals surface area contributed by atoms with Gasteiger partial charge < -0.3 is 45.1 Å². The zero-order valence-electron chi connectivity index (χ0n) is 43.5. The van der Waals surface area contributed by atoms with Crippen molar-refractivity contribution in [3.63, 3.8) is 0 Å². The molecule has 1 saturated heterocycles. The van der Waals surface area contributed by atoms with Crippen LogP contribution in [0.15, 0.2) is 72.9 Å². The lowest BCUT2D eigenvalue weighted by Gasteiger charge is -2.40. The molecule has 0 aromatic rings. The van der Waals surface area contributed by atoms with Gasteiger partial charge in [-0.2, -0.15) is 0 Å². The maximum absolute atomic E-state index is 13.0. The Morgan fingerprint density at radius 3 is 1.67 bits per heavy atom. The van der Waals surface area contributed by atoms with Crippen LogP contribution in [0.3, 0.4) is 0 Å². The third-order valence-electron chi connectivity index (χ3n) is 12.5. The number of hydrogen-bond donors (Lipinski definition) is 6. The second-order valence-corrected chi connectivity index (χ2v) is 18.9. The Hall–Kier alpha value is -2.90. The highest BCUT2D eigenvalue weighted by Gasteiger charge is 2.44. The molecule has 0 saturated carbocycles. The highest BCUT2D eigenvalue weighted by atomic mass is 16.7. The fraction of sp³-hybridized carbons (Fsp3) is 0.759. The molecular weight excluding hydrogens is 871 g/mol. The molecule has 398 valence electrons. The SMILES string of the molecule is CCC/C=C\C/C=C\CCCCCCCC(=O)OCCCCC/C=C\C=C/CCCCCCCCCCCCC(=O)NC(COC1OC(CO)C(O)C(O)C1O)C(O)/C=C/CC/C=C/CCCCC. The van der Waals surface area contributed by atoms with Crippen LogP contribution in [0, 0.1) is 0 Å². The molecule has 1 fully saturated rings. The molecule has 6 N–H and O–H groups in total. The Balaban J connectivity index is 2.09. The lowest BCUT2D eigenvalue weighted by atomic mass is 9.99. The summed E-state index contributed by atoms with van der Waals surface area (Å²) in [4.78, 5) is 25.0. The molecule has 1 heterocycles. The molecule has 11 nitrogen and oxygen atoms in total. The Labute approximate surface area is 420 Å². The smallest absolute Gasteiger partial charge is 0.305 e. The number of unbranched alkanes of at least 4 members (excludes halogenated alkanes) is 23. The average molecular weight is 972 g/mol. The van der Waals surface area contributed by atoms with E-state index in [0.717, 1.165) is 103 Å². The third kappa shape index (κ3) is 37.5. The molecule has 1 aliphatic rings. The van der Waals surface area contributed by atoms with E-state index in [1.54, 1.807) is 6.08 Å². The summed E-state index contributed by atoms with van der Waals surface area (Å²) in [6.07, 6.45) is 51.5. The van der Waals surface area contributed by atoms with Crippen LogP contribution in [0.2, 0.25) is 0 Å². The van der Waals surface area contributed by atoms with Gasteiger partial charge in [0.05, 0.1) is 32.0 Å². The number of esters is 1. The molecule has 0 aromatic carbocycles. The Morgan fingerprint density at radius 2 is 1.06 bits per heavy atom. The minimum Gasteiger partial charge on any atom is -0.466 e. The third-order valence-corrected chi connectivity index (χ3v) is 12.5. The minimum absolute atomic E-state index is 0.0457. The summed E-state index contributed by atoms with van der Waals surface area (Å²) in [5.41, 5.74) is 0. The van der Waals surface area contributed by atoms with Crippen LogP contribution in [0.25, 0.3) is 0 Å². The van der Waals surface area contributed by atoms with E-state index in [4.69, 9.17) is 14.2 Å². The van der Waals surface area contributed by atoms with Crippen molar-refractivity contribution in [2.24, 2.45) is 0 Å². The normalized spacial score (nSPS) is 19.9. The highest BCUT2D eigenvalue weighted by Crippen LogP contribution is 2.23. The van der Waals surface area contributed by atoms with E-state index in [2.05, 4.69) is 79.9 Å². The van der Waals surface area contributed by atoms with Crippen molar-refractivity contribution in [2.75, 3.05) is 19.8 Å². The monoisotopic (exact) mass is 972 g/mol. The first-order valence-corrected chi connectivity index (χ1v) is 27.7. The summed E-state index contributed by atoms with van der Waals surface area (Å²) < 4.78 is 16.6. The predicted octanol–water partition coefficient (Wildman–Crippen LogP) is 12.1. The molecule has 0 spiro atoms. The lowest BCUT2D eigenvalue weighted by Crippen LogP contribution is -2.60. The first-order valence-electron chi connectivity index (χ1n) is 27.7. The quantitative estimate of drug-likeness (QED) is 0.0149. The molecule has 11 heteroatoms. The standard InChI is InChI=1S/C58H101NO10/c1-3-5-7-9-11-13-14-22-26-30-34-38-42-46-54(63)67-47-43-39-35-31-27-24-21-19-17-15-16-18-20-23-25-29-33-37-41-45-53(62)59-50(51(61)44-40-36-32-28-12-10-8-6-4-2)49-68-58-57(66)56(65)55(64)52(48-60)69-58/h7,9,12-14,19,21,24,27-28,40,44,50-52,55-58,60-61,64-66H,3-6,8,10-11,15-18,20,22-23,25-26,29-39,41-43,45-49H2,1-2H3,(H,59,62)/b9-7-,14-13-,21-19-,27-24-,28-12+,44-40+. The van der Waals surface area contributed by atoms with Crippen LogP contribution in [0.4, 0.5) is 0 Å². The summed E-state index contributed by atoms with van der Waals surface area (Å²) in [6, 6.07) is -0.835. The maximum Gasteiger partial charge on any atom is 0.305 e. The van der Waals surface area contributed by atoms with E-state index in [1.165, 1.54) is 89.9 Å². The molecule has 7 atom stereocenters. The van der Waals surface area contributed by atoms with Gasteiger partial charge in [-0.1, -0.05) is 177 Å². The van der Waals surface area contributed by atoms with Gasteiger partial charge in [-0.25, -0.2) is 0 Å². The van der Waals surface area contributed by atoms with Crippen LogP contribution in [-0.4, -0.2) is 100 Å². The van der Waals surface area contributed by atoms with Crippen molar-refractivity contribution >= 4 is 11.9 Å². The van der Waals surface area contributed by atoms with Crippen molar-refractivity contribution < 1.29 is 49.3 Å². The van der Waals surface area contributed by atoms with E-state index >= 15 is 0 Å². The van der Waals surface area contributed by atoms with Gasteiger partial charge in [-0.3, -0.25) is 9.59 Å². The number of carbonyl (C=O) groups is 2. The van der Waals surface area contributed by atoms with E-state index in [9.17, 15) is 35.1 Å². The van der Waals surface area contributed by atoms with Crippen LogP contribution >= 0.6 is 0 Å². The molecule has 1 aliphatic heterocycles. The van der Waals surface area contributed by atoms with Crippen LogP contribution in [0.5, 0.6) is 0 Å². The van der Waals surface area contributed by atoms with Crippen LogP contribution < -0.4 is 5.32 Å². The minimum atomic E-state index is -1.58. The summed E-state index contributed by atoms with van der Waals surface area (Å²) >= 11 is 0. The highest BCUT2D eigenvalue weighted by molar-refractivity contribution is 5.76. The van der Waals surface area contributed by atoms with Crippen LogP contribution in [0.1, 0.15) is 219 Å². The van der Waals surface area contributed by atoms with Gasteiger partial charge >= 0.3 is 5.97 Å². The van der Waals surface area contributed by atoms with E-state index in [-0.39, 0.29) is 18.5 Å². The molecule has 1 rings (SSSR count). The summed E-state index contributed by atoms with van der Waals surface area (Å²) in [5.74, 6) is -0.253. The first kappa shape index (κ1) is 64.1. The molecule has 7 unspecified atom stereocenters. The second kappa shape index (κ2) is 47.4. The average Bonchev–Trinajstić information content (AvgIpc) is 3.34. The molecular formula is C58H101NO10. The predicted molar refractivity (Wildman–Crippen MR) is 283 cm³/mol. The van der Waals surface area contributed by atoms with Gasteiger partial charge in [-0.15, -0.1) is 0 Å². The van der Waals surface area contributed by atoms with Gasteiger partial charge in [0.1, 0.15) is 24.4 Å². The number of aliphatic hydroxyl groups excluding tert-OH is 5. The fourth-order valence-electron chi connectivity index (χ4n) is 8.06. The first-order chi connectivity index (χ1) is 33.7. The zero-order valence-corrected chi connectivity index (χ0v) is 43.5. The number of amides is 1. The zero-order chi connectivity index (χ0) is 50.3. The van der Waals surface area contributed by atoms with E-state index in [0.29, 0.717) is 19.4 Å². The van der Waals surface area contributed by atoms with Crippen molar-refractivity contribution in [3.05, 3.63) is 72.9 Å². The fourth-order valence-corrected chi connectivity index (χ4v) is 8.06. The molecule has 0 aliphatic carbocycles. The van der Waals surface area contributed by atoms with Crippen LogP contribution in [-0.2, 0) is 23.8 Å². The van der Waals surface area contributed by atoms with Gasteiger partial charge in [0.25, 0.3) is 0 Å². The summed E-state index contributed by atoms with van der Waals surface area (Å²) in [5, 5.41) is 54.1. The largest absolute Gasteiger partial charge is 0.466 e. The molecule has 0 bridgehead atoms. The lowest BCUT2D eigenvalue weighted by molar-refractivity contribution is -0.302. The van der Waals surface area contributed by atoms with Gasteiger partial charge in [0, 0.05) is 12.8 Å². The molecule has 0 radical (unpaired) electrons. The number of rotatable bonds is 46. The Bertz CT molecular complexity index is 1380. The maximum atomic E-state index is 13.0. The Kier molecular flexibility index (Phi) is 44.1. The topological polar surface area (TPSA) is 175 Å². The summed E-state index contributed by atoms with van der Waals surface area (Å²) in [7, 11) is 0. The number of ether oxygens (including phenoxy) is 3. The molecule has 0 aromatic heterocycles. The van der Waals surface area contributed by atoms with Gasteiger partial charge in [-0.05, 0) is 103 Å². The van der Waals surface area contributed by atoms with Gasteiger partial charge in [0.2, 0.25) is 5.91 Å². The van der Waals surface area contributed by atoms with Crippen molar-refractivity contribution in [1.82, 2.24) is 5.32 Å². The van der Waals surface area contributed by atoms with E-state index in [1.807, 2.05) is 6.08 Å². The van der Waals surface area contributed by atoms with Crippen molar-refractivity contribution in [1.29, 1.82) is 0 Å². The molecule has 69 heavy (non-hydrogen) atoms. The van der Waals surface area contributed by atoms with Crippen molar-refractivity contribution in [3.8, 4) is 0 Å². The Morgan fingerprint density at radius 1 is 0.551 bits per heavy atom. The van der Waals surface area contributed by atoms with E-state index < -0.39 is 49.5 Å². The number of nitrogens with one attached hydrogen (secondary N) is 1. The van der Waals surface area contributed by atoms with Gasteiger partial charge in [0.15, 0.2) is 6.29 Å². The number of hydrogen-bond acceptors (Lipinski definition) is 10. The van der Waals surface area contributed by atoms with Crippen molar-refractivity contribution in [2.45, 2.75) is 262 Å².